The van der Waals surface area contributed by atoms with Gasteiger partial charge in [0, 0.05) is 36.4 Å². The molecular formula is C29H31F3N10O4. The Hall–Kier alpha value is -5.50. The third kappa shape index (κ3) is 7.95. The Bertz CT molecular complexity index is 1740. The highest BCUT2D eigenvalue weighted by Crippen LogP contribution is 2.37. The highest BCUT2D eigenvalue weighted by Gasteiger charge is 2.38. The van der Waals surface area contributed by atoms with Crippen molar-refractivity contribution < 1.29 is 32.7 Å². The summed E-state index contributed by atoms with van der Waals surface area (Å²) in [6.07, 6.45) is 2.15. The zero-order chi connectivity index (χ0) is 33.3. The molecule has 1 unspecified atom stereocenters. The van der Waals surface area contributed by atoms with E-state index >= 15 is 0 Å². The number of benzene rings is 1. The summed E-state index contributed by atoms with van der Waals surface area (Å²) >= 11 is 0. The van der Waals surface area contributed by atoms with Crippen LogP contribution >= 0.6 is 0 Å². The smallest absolute Gasteiger partial charge is 0.435 e. The first-order valence-corrected chi connectivity index (χ1v) is 14.2. The lowest BCUT2D eigenvalue weighted by atomic mass is 10.0. The molecule has 1 fully saturated rings. The van der Waals surface area contributed by atoms with Crippen molar-refractivity contribution in [1.29, 1.82) is 5.26 Å². The molecule has 0 bridgehead atoms. The molecule has 1 aliphatic heterocycles. The number of imidazole rings is 1. The van der Waals surface area contributed by atoms with Gasteiger partial charge in [-0.2, -0.15) is 23.5 Å². The number of carboxylic acid groups (broad SMARTS) is 1. The van der Waals surface area contributed by atoms with Crippen LogP contribution in [0.3, 0.4) is 0 Å². The van der Waals surface area contributed by atoms with Gasteiger partial charge in [0.2, 0.25) is 5.91 Å². The maximum atomic E-state index is 13.7. The predicted molar refractivity (Wildman–Crippen MR) is 159 cm³/mol. The van der Waals surface area contributed by atoms with Crippen LogP contribution in [0.2, 0.25) is 0 Å². The van der Waals surface area contributed by atoms with Crippen LogP contribution in [0.25, 0.3) is 16.9 Å². The van der Waals surface area contributed by atoms with Gasteiger partial charge in [0.15, 0.2) is 17.2 Å². The van der Waals surface area contributed by atoms with Gasteiger partial charge in [-0.05, 0) is 55.6 Å². The van der Waals surface area contributed by atoms with Crippen LogP contribution in [-0.2, 0) is 28.7 Å². The first-order valence-electron chi connectivity index (χ1n) is 14.2. The molecule has 17 heteroatoms. The number of carbonyl (C=O) groups excluding carboxylic acids is 2. The molecule has 4 heterocycles. The van der Waals surface area contributed by atoms with E-state index in [-0.39, 0.29) is 54.1 Å². The van der Waals surface area contributed by atoms with Crippen LogP contribution < -0.4 is 21.3 Å². The molecule has 1 aromatic carbocycles. The zero-order valence-electron chi connectivity index (χ0n) is 24.6. The average molecular weight is 641 g/mol. The summed E-state index contributed by atoms with van der Waals surface area (Å²) in [5.74, 6) is 0.0393. The number of nitrogens with one attached hydrogen (secondary N) is 4. The molecule has 14 nitrogen and oxygen atoms in total. The van der Waals surface area contributed by atoms with Crippen LogP contribution in [0.1, 0.15) is 35.0 Å². The van der Waals surface area contributed by atoms with Gasteiger partial charge >= 0.3 is 6.18 Å². The molecule has 0 saturated carbocycles. The molecule has 4 aromatic rings. The second-order valence-electron chi connectivity index (χ2n) is 10.2. The largest absolute Gasteiger partial charge is 0.483 e. The van der Waals surface area contributed by atoms with Crippen molar-refractivity contribution in [1.82, 2.24) is 40.1 Å². The molecule has 0 spiro atoms. The second kappa shape index (κ2) is 15.0. The first-order chi connectivity index (χ1) is 22.1. The van der Waals surface area contributed by atoms with Crippen molar-refractivity contribution in [3.8, 4) is 17.3 Å². The number of rotatable bonds is 10. The van der Waals surface area contributed by atoms with E-state index < -0.39 is 11.9 Å². The molecular weight excluding hydrogens is 609 g/mol. The quantitative estimate of drug-likeness (QED) is 0.161. The maximum absolute atomic E-state index is 13.7. The molecule has 2 amide bonds. The van der Waals surface area contributed by atoms with Gasteiger partial charge in [-0.1, -0.05) is 6.92 Å². The predicted octanol–water partition coefficient (Wildman–Crippen LogP) is 2.60. The first kappa shape index (κ1) is 33.4. The van der Waals surface area contributed by atoms with E-state index in [2.05, 4.69) is 36.3 Å². The van der Waals surface area contributed by atoms with Gasteiger partial charge in [0.05, 0.1) is 30.1 Å². The number of hydrogen-bond donors (Lipinski definition) is 5. The highest BCUT2D eigenvalue weighted by atomic mass is 19.4. The number of nitriles is 1. The Morgan fingerprint density at radius 3 is 2.72 bits per heavy atom. The van der Waals surface area contributed by atoms with Gasteiger partial charge < -0.3 is 26.4 Å². The lowest BCUT2D eigenvalue weighted by Crippen LogP contribution is -2.39. The monoisotopic (exact) mass is 640 g/mol. The number of aromatic nitrogens is 5. The number of alkyl halides is 3. The Kier molecular flexibility index (Phi) is 10.9. The van der Waals surface area contributed by atoms with E-state index in [4.69, 9.17) is 15.2 Å². The number of hydrogen-bond acceptors (Lipinski definition) is 9. The SMILES string of the molecule is CCc1cc(Nc2nccn3c(-c4cn(CC#N)nc4C(F)(F)F)cnc23)ccc1C(=O)NCC(=O)NCC1CCNC1.O=CO. The van der Waals surface area contributed by atoms with Gasteiger partial charge in [0.25, 0.3) is 12.4 Å². The Labute approximate surface area is 260 Å². The van der Waals surface area contributed by atoms with Crippen LogP contribution in [0.4, 0.5) is 24.7 Å². The van der Waals surface area contributed by atoms with Crippen molar-refractivity contribution in [3.05, 3.63) is 59.8 Å². The standard InChI is InChI=1S/C28H29F3N10O2.CH2O2/c1-2-18-11-19(3-4-20(18)27(43)37-15-23(42)35-13-17-5-7-33-12-17)38-25-26-36-14-22(41(26)10-8-34-25)21-16-40(9-6-32)39-24(21)28(29,30)31;2-1-3/h3-4,8,10-11,14,16-17,33H,2,5,7,9,12-13,15H2,1H3,(H,34,38)(H,35,42)(H,37,43);1H,(H,2,3). The molecule has 1 saturated heterocycles. The van der Waals surface area contributed by atoms with E-state index in [1.54, 1.807) is 24.3 Å². The molecule has 1 aliphatic rings. The number of halogens is 3. The van der Waals surface area contributed by atoms with Crippen LogP contribution in [-0.4, -0.2) is 73.7 Å². The summed E-state index contributed by atoms with van der Waals surface area (Å²) in [7, 11) is 0. The molecule has 3 aromatic heterocycles. The van der Waals surface area contributed by atoms with Crippen LogP contribution in [0.5, 0.6) is 0 Å². The molecule has 46 heavy (non-hydrogen) atoms. The number of aryl methyl sites for hydroxylation is 1. The average Bonchev–Trinajstić information content (AvgIpc) is 3.79. The van der Waals surface area contributed by atoms with Gasteiger partial charge in [-0.25, -0.2) is 9.97 Å². The third-order valence-corrected chi connectivity index (χ3v) is 7.12. The van der Waals surface area contributed by atoms with Crippen molar-refractivity contribution in [2.24, 2.45) is 5.92 Å². The summed E-state index contributed by atoms with van der Waals surface area (Å²) in [5, 5.41) is 31.3. The lowest BCUT2D eigenvalue weighted by molar-refractivity contribution is -0.141. The fourth-order valence-electron chi connectivity index (χ4n) is 4.97. The summed E-state index contributed by atoms with van der Waals surface area (Å²) < 4.78 is 43.6. The van der Waals surface area contributed by atoms with Gasteiger partial charge in [-0.15, -0.1) is 0 Å². The van der Waals surface area contributed by atoms with E-state index in [1.165, 1.54) is 23.0 Å². The van der Waals surface area contributed by atoms with E-state index in [0.717, 1.165) is 36.0 Å². The maximum Gasteiger partial charge on any atom is 0.435 e. The molecule has 5 N–H and O–H groups in total. The number of carbonyl (C=O) groups is 3. The van der Waals surface area contributed by atoms with Crippen LogP contribution in [0.15, 0.2) is 43.0 Å². The minimum atomic E-state index is -4.74. The van der Waals surface area contributed by atoms with Crippen LogP contribution in [0, 0.1) is 17.2 Å². The number of fused-ring (bicyclic) bond motifs is 1. The Morgan fingerprint density at radius 2 is 2.04 bits per heavy atom. The van der Waals surface area contributed by atoms with E-state index in [1.807, 2.05) is 6.92 Å². The third-order valence-electron chi connectivity index (χ3n) is 7.12. The second-order valence-corrected chi connectivity index (χ2v) is 10.2. The lowest BCUT2D eigenvalue weighted by Gasteiger charge is -2.13. The van der Waals surface area contributed by atoms with E-state index in [9.17, 15) is 22.8 Å². The summed E-state index contributed by atoms with van der Waals surface area (Å²) in [5.41, 5.74) is 0.764. The minimum Gasteiger partial charge on any atom is -0.483 e. The molecule has 1 atom stereocenters. The number of amides is 2. The summed E-state index contributed by atoms with van der Waals surface area (Å²) in [4.78, 5) is 42.0. The fourth-order valence-corrected chi connectivity index (χ4v) is 4.97. The van der Waals surface area contributed by atoms with Crippen molar-refractivity contribution in [2.45, 2.75) is 32.5 Å². The summed E-state index contributed by atoms with van der Waals surface area (Å²) in [6, 6.07) is 6.86. The molecule has 242 valence electrons. The van der Waals surface area contributed by atoms with E-state index in [0.29, 0.717) is 30.1 Å². The molecule has 5 rings (SSSR count). The van der Waals surface area contributed by atoms with Crippen molar-refractivity contribution in [2.75, 3.05) is 31.5 Å². The topological polar surface area (TPSA) is 191 Å². The van der Waals surface area contributed by atoms with Crippen molar-refractivity contribution in [3.63, 3.8) is 0 Å². The molecule has 0 aliphatic carbocycles. The normalized spacial score (nSPS) is 14.2. The number of nitrogens with zero attached hydrogens (tertiary/aromatic N) is 6. The highest BCUT2D eigenvalue weighted by molar-refractivity contribution is 5.98. The molecule has 0 radical (unpaired) electrons. The zero-order valence-corrected chi connectivity index (χ0v) is 24.6. The summed E-state index contributed by atoms with van der Waals surface area (Å²) in [6.45, 7) is 3.54. The minimum absolute atomic E-state index is 0.127. The van der Waals surface area contributed by atoms with Crippen molar-refractivity contribution >= 4 is 35.4 Å². The Morgan fingerprint density at radius 1 is 1.26 bits per heavy atom. The van der Waals surface area contributed by atoms with Gasteiger partial charge in [-0.3, -0.25) is 23.5 Å². The fraction of sp³-hybridized carbons (Fsp3) is 0.345. The number of anilines is 2. The Balaban J connectivity index is 0.00000154. The van der Waals surface area contributed by atoms with Gasteiger partial charge in [0.1, 0.15) is 6.54 Å².